The van der Waals surface area contributed by atoms with Gasteiger partial charge in [-0.15, -0.1) is 0 Å². The molecule has 110 valence electrons. The molecule has 2 aromatic rings. The molecule has 0 bridgehead atoms. The van der Waals surface area contributed by atoms with Gasteiger partial charge in [-0.25, -0.2) is 0 Å². The predicted molar refractivity (Wildman–Crippen MR) is 83.4 cm³/mol. The topological polar surface area (TPSA) is 44.8 Å². The molecule has 0 amide bonds. The third-order valence-corrected chi connectivity index (χ3v) is 3.91. The Morgan fingerprint density at radius 1 is 0.864 bits per heavy atom. The first-order valence-corrected chi connectivity index (χ1v) is 7.20. The van der Waals surface area contributed by atoms with Crippen molar-refractivity contribution in [2.75, 3.05) is 21.3 Å². The molecule has 2 rings (SSSR count). The van der Waals surface area contributed by atoms with Gasteiger partial charge in [0.25, 0.3) is 0 Å². The van der Waals surface area contributed by atoms with Gasteiger partial charge in [-0.05, 0) is 12.1 Å². The van der Waals surface area contributed by atoms with Gasteiger partial charge in [0.05, 0.1) is 26.9 Å². The zero-order valence-electron chi connectivity index (χ0n) is 13.1. The van der Waals surface area contributed by atoms with Crippen molar-refractivity contribution in [3.05, 3.63) is 48.0 Å². The Hall–Kier alpha value is -1.46. The molecule has 4 nitrogen and oxygen atoms in total. The molecule has 0 aliphatic carbocycles. The molecule has 0 aromatic heterocycles. The molecule has 0 N–H and O–H groups in total. The molecular formula is C16H16LiO4P. The van der Waals surface area contributed by atoms with Crippen molar-refractivity contribution < 1.29 is 37.9 Å². The number of hydrogen-bond acceptors (Lipinski definition) is 4. The van der Waals surface area contributed by atoms with E-state index < -0.39 is 0 Å². The Labute approximate surface area is 144 Å². The number of carbonyl (C=O) groups excluding carboxylic acids is 1. The minimum Gasteiger partial charge on any atom is -0.496 e. The van der Waals surface area contributed by atoms with E-state index in [1.165, 1.54) is 21.3 Å². The predicted octanol–water partition coefficient (Wildman–Crippen LogP) is 0.128. The van der Waals surface area contributed by atoms with Crippen molar-refractivity contribution >= 4 is 19.4 Å². The minimum atomic E-state index is -0.103. The SMILES string of the molecule is COc1ccc(OC)c(C(=O)[P-]c2ccccc2)c1OC.[Li+]. The van der Waals surface area contributed by atoms with Crippen molar-refractivity contribution in [2.24, 2.45) is 0 Å². The van der Waals surface area contributed by atoms with Crippen molar-refractivity contribution in [1.29, 1.82) is 0 Å². The van der Waals surface area contributed by atoms with Crippen LogP contribution in [0.25, 0.3) is 0 Å². The first-order valence-electron chi connectivity index (χ1n) is 6.31. The number of rotatable bonds is 6. The molecule has 0 unspecified atom stereocenters. The number of benzene rings is 2. The Morgan fingerprint density at radius 3 is 2.00 bits per heavy atom. The smallest absolute Gasteiger partial charge is 0.496 e. The second-order valence-electron chi connectivity index (χ2n) is 4.13. The van der Waals surface area contributed by atoms with E-state index in [1.807, 2.05) is 30.3 Å². The molecule has 0 heterocycles. The summed E-state index contributed by atoms with van der Waals surface area (Å²) in [6.45, 7) is 0. The van der Waals surface area contributed by atoms with E-state index in [4.69, 9.17) is 14.2 Å². The summed E-state index contributed by atoms with van der Waals surface area (Å²) >= 11 is 0. The van der Waals surface area contributed by atoms with Crippen LogP contribution in [0.5, 0.6) is 17.2 Å². The molecule has 0 fully saturated rings. The van der Waals surface area contributed by atoms with Crippen LogP contribution in [0.2, 0.25) is 0 Å². The van der Waals surface area contributed by atoms with E-state index in [9.17, 15) is 4.79 Å². The minimum absolute atomic E-state index is 0. The molecular weight excluding hydrogens is 294 g/mol. The molecule has 0 atom stereocenters. The van der Waals surface area contributed by atoms with Crippen LogP contribution in [-0.2, 0) is 0 Å². The number of ether oxygens (including phenoxy) is 3. The first kappa shape index (κ1) is 18.6. The second kappa shape index (κ2) is 8.85. The third kappa shape index (κ3) is 4.05. The summed E-state index contributed by atoms with van der Waals surface area (Å²) in [7, 11) is 5.13. The van der Waals surface area contributed by atoms with Crippen molar-refractivity contribution in [3.63, 3.8) is 0 Å². The van der Waals surface area contributed by atoms with Crippen molar-refractivity contribution in [2.45, 2.75) is 0 Å². The van der Waals surface area contributed by atoms with Crippen LogP contribution < -0.4 is 38.4 Å². The zero-order valence-corrected chi connectivity index (χ0v) is 14.0. The van der Waals surface area contributed by atoms with Crippen LogP contribution >= 0.6 is 8.58 Å². The van der Waals surface area contributed by atoms with Gasteiger partial charge in [0.1, 0.15) is 5.75 Å². The maximum Gasteiger partial charge on any atom is 1.00 e. The van der Waals surface area contributed by atoms with Crippen LogP contribution in [0.1, 0.15) is 10.4 Å². The average molecular weight is 310 g/mol. The maximum atomic E-state index is 12.6. The quantitative estimate of drug-likeness (QED) is 0.562. The van der Waals surface area contributed by atoms with E-state index in [0.717, 1.165) is 5.30 Å². The fourth-order valence-electron chi connectivity index (χ4n) is 1.96. The molecule has 0 aliphatic heterocycles. The van der Waals surface area contributed by atoms with Crippen LogP contribution in [0, 0.1) is 0 Å². The molecule has 0 saturated heterocycles. The monoisotopic (exact) mass is 310 g/mol. The van der Waals surface area contributed by atoms with Crippen molar-refractivity contribution in [3.8, 4) is 17.2 Å². The molecule has 0 saturated carbocycles. The summed E-state index contributed by atoms with van der Waals surface area (Å²) in [4.78, 5) is 12.6. The fraction of sp³-hybridized carbons (Fsp3) is 0.188. The largest absolute Gasteiger partial charge is 1.00 e. The van der Waals surface area contributed by atoms with E-state index in [1.54, 1.807) is 12.1 Å². The van der Waals surface area contributed by atoms with Gasteiger partial charge in [-0.1, -0.05) is 30.3 Å². The van der Waals surface area contributed by atoms with E-state index in [0.29, 0.717) is 31.4 Å². The summed E-state index contributed by atoms with van der Waals surface area (Å²) in [5, 5.41) is 0.912. The number of carbonyl (C=O) groups is 1. The van der Waals surface area contributed by atoms with E-state index in [-0.39, 0.29) is 24.4 Å². The Kier molecular flexibility index (Phi) is 7.48. The molecule has 0 radical (unpaired) electrons. The Bertz CT molecular complexity index is 632. The zero-order chi connectivity index (χ0) is 15.2. The molecule has 0 aliphatic rings. The van der Waals surface area contributed by atoms with E-state index >= 15 is 0 Å². The van der Waals surface area contributed by atoms with Crippen LogP contribution in [0.4, 0.5) is 0 Å². The van der Waals surface area contributed by atoms with Gasteiger partial charge in [-0.2, -0.15) is 5.30 Å². The van der Waals surface area contributed by atoms with Gasteiger partial charge in [0.2, 0.25) is 0 Å². The molecule has 2 aromatic carbocycles. The maximum absolute atomic E-state index is 12.6. The molecule has 22 heavy (non-hydrogen) atoms. The van der Waals surface area contributed by atoms with Crippen LogP contribution in [-0.4, -0.2) is 26.9 Å². The second-order valence-corrected chi connectivity index (χ2v) is 5.28. The number of methoxy groups -OCH3 is 3. The standard InChI is InChI=1S/C16H16O4P.Li/c1-18-12-9-10-13(19-2)15(20-3)14(12)16(17)21-11-7-5-4-6-8-11;/h4-10H,1-3H3;/q-1;+1. The summed E-state index contributed by atoms with van der Waals surface area (Å²) in [5.74, 6) is 1.37. The van der Waals surface area contributed by atoms with Gasteiger partial charge in [0, 0.05) is 5.52 Å². The summed E-state index contributed by atoms with van der Waals surface area (Å²) in [5.41, 5.74) is 0.290. The Morgan fingerprint density at radius 2 is 1.45 bits per heavy atom. The summed E-state index contributed by atoms with van der Waals surface area (Å²) in [6.07, 6.45) is 0. The fourth-order valence-corrected chi connectivity index (χ4v) is 2.84. The van der Waals surface area contributed by atoms with Crippen molar-refractivity contribution in [1.82, 2.24) is 0 Å². The molecule has 0 spiro atoms. The van der Waals surface area contributed by atoms with Gasteiger partial charge in [-0.3, -0.25) is 0 Å². The first-order chi connectivity index (χ1) is 10.2. The van der Waals surface area contributed by atoms with E-state index in [2.05, 4.69) is 0 Å². The van der Waals surface area contributed by atoms with Crippen LogP contribution in [0.15, 0.2) is 42.5 Å². The average Bonchev–Trinajstić information content (AvgIpc) is 2.54. The van der Waals surface area contributed by atoms with Gasteiger partial charge >= 0.3 is 18.9 Å². The summed E-state index contributed by atoms with van der Waals surface area (Å²) < 4.78 is 15.9. The third-order valence-electron chi connectivity index (χ3n) is 2.93. The van der Waals surface area contributed by atoms with Gasteiger partial charge in [0.15, 0.2) is 11.5 Å². The van der Waals surface area contributed by atoms with Crippen LogP contribution in [0.3, 0.4) is 0 Å². The number of hydrogen-bond donors (Lipinski definition) is 0. The normalized spacial score (nSPS) is 10.1. The molecule has 6 heteroatoms. The van der Waals surface area contributed by atoms with Gasteiger partial charge < -0.3 is 27.6 Å². The Balaban J connectivity index is 0.00000242. The summed E-state index contributed by atoms with van der Waals surface area (Å²) in [6, 6.07) is 12.9.